The van der Waals surface area contributed by atoms with Gasteiger partial charge in [0.25, 0.3) is 0 Å². The molecule has 0 amide bonds. The van der Waals surface area contributed by atoms with Crippen LogP contribution in [0.15, 0.2) is 83.8 Å². The molecule has 0 fully saturated rings. The lowest BCUT2D eigenvalue weighted by atomic mass is 10.0. The number of benzene rings is 3. The maximum absolute atomic E-state index is 14.7. The van der Waals surface area contributed by atoms with E-state index < -0.39 is 23.0 Å². The van der Waals surface area contributed by atoms with E-state index in [1.165, 1.54) is 35.7 Å². The van der Waals surface area contributed by atoms with E-state index in [1.807, 2.05) is 49.5 Å². The van der Waals surface area contributed by atoms with Gasteiger partial charge in [-0.25, -0.2) is 13.6 Å². The predicted molar refractivity (Wildman–Crippen MR) is 166 cm³/mol. The molecular formula is C32H30ClF2N3O3S. The van der Waals surface area contributed by atoms with Crippen LogP contribution in [-0.4, -0.2) is 29.1 Å². The van der Waals surface area contributed by atoms with Gasteiger partial charge >= 0.3 is 5.97 Å². The van der Waals surface area contributed by atoms with Gasteiger partial charge in [0.1, 0.15) is 22.0 Å². The van der Waals surface area contributed by atoms with Crippen molar-refractivity contribution in [3.63, 3.8) is 0 Å². The van der Waals surface area contributed by atoms with Crippen LogP contribution in [0.4, 0.5) is 14.5 Å². The summed E-state index contributed by atoms with van der Waals surface area (Å²) >= 11 is 1.34. The minimum Gasteiger partial charge on any atom is -0.462 e. The fourth-order valence-corrected chi connectivity index (χ4v) is 6.15. The number of esters is 1. The summed E-state index contributed by atoms with van der Waals surface area (Å²) < 4.78 is 36.2. The number of hydrogen-bond donors (Lipinski definition) is 1. The molecule has 0 atom stereocenters. The first-order valence-electron chi connectivity index (χ1n) is 13.1. The van der Waals surface area contributed by atoms with Crippen LogP contribution in [0.1, 0.15) is 34.0 Å². The summed E-state index contributed by atoms with van der Waals surface area (Å²) in [5.74, 6) is -2.22. The Kier molecular flexibility index (Phi) is 9.78. The minimum absolute atomic E-state index is 0. The zero-order valence-corrected chi connectivity index (χ0v) is 24.7. The maximum Gasteiger partial charge on any atom is 0.343 e. The normalized spacial score (nSPS) is 11.1. The number of anilines is 1. The number of ether oxygens (including phenoxy) is 1. The van der Waals surface area contributed by atoms with Crippen molar-refractivity contribution in [1.82, 2.24) is 9.47 Å². The van der Waals surface area contributed by atoms with E-state index in [-0.39, 0.29) is 36.7 Å². The van der Waals surface area contributed by atoms with Crippen LogP contribution < -0.4 is 11.2 Å². The van der Waals surface area contributed by atoms with Crippen LogP contribution in [0.25, 0.3) is 20.7 Å². The van der Waals surface area contributed by atoms with Gasteiger partial charge in [0.05, 0.1) is 18.5 Å². The van der Waals surface area contributed by atoms with Crippen molar-refractivity contribution >= 4 is 45.6 Å². The van der Waals surface area contributed by atoms with Gasteiger partial charge in [0, 0.05) is 35.4 Å². The molecule has 0 radical (unpaired) electrons. The van der Waals surface area contributed by atoms with Crippen LogP contribution in [-0.2, 0) is 24.4 Å². The number of rotatable bonds is 9. The Balaban J connectivity index is 0.00000405. The standard InChI is InChI=1S/C32H29F2N3O3S.ClH/c1-3-40-32(39)25-19-37(18-23-26(33)10-7-11-27(23)34)31-28(29(25)38)24(17-36(2)16-20-8-5-4-6-9-20)30(41-31)21-12-14-22(35)15-13-21;/h4-15,19H,3,16-18,35H2,1-2H3;1H. The highest BCUT2D eigenvalue weighted by molar-refractivity contribution is 7.22. The molecule has 218 valence electrons. The number of carbonyl (C=O) groups excluding carboxylic acids is 1. The van der Waals surface area contributed by atoms with E-state index >= 15 is 0 Å². The molecule has 2 heterocycles. The first kappa shape index (κ1) is 30.9. The molecule has 2 aromatic heterocycles. The minimum atomic E-state index is -0.786. The third kappa shape index (κ3) is 6.38. The fourth-order valence-electron chi connectivity index (χ4n) is 4.86. The molecule has 0 unspecified atom stereocenters. The molecule has 6 nitrogen and oxygen atoms in total. The summed E-state index contributed by atoms with van der Waals surface area (Å²) in [7, 11) is 1.95. The van der Waals surface area contributed by atoms with Gasteiger partial charge in [-0.3, -0.25) is 9.69 Å². The van der Waals surface area contributed by atoms with Gasteiger partial charge in [0.2, 0.25) is 5.43 Å². The Hall–Kier alpha value is -4.05. The second-order valence-electron chi connectivity index (χ2n) is 9.79. The number of fused-ring (bicyclic) bond motifs is 1. The predicted octanol–water partition coefficient (Wildman–Crippen LogP) is 6.87. The second kappa shape index (κ2) is 13.3. The Morgan fingerprint density at radius 2 is 1.62 bits per heavy atom. The summed E-state index contributed by atoms with van der Waals surface area (Å²) in [6, 6.07) is 20.9. The highest BCUT2D eigenvalue weighted by Gasteiger charge is 2.25. The fraction of sp³-hybridized carbons (Fsp3) is 0.188. The van der Waals surface area contributed by atoms with Crippen molar-refractivity contribution in [2.24, 2.45) is 0 Å². The first-order chi connectivity index (χ1) is 19.8. The number of hydrogen-bond acceptors (Lipinski definition) is 6. The van der Waals surface area contributed by atoms with Crippen molar-refractivity contribution < 1.29 is 18.3 Å². The zero-order chi connectivity index (χ0) is 29.1. The van der Waals surface area contributed by atoms with Gasteiger partial charge in [-0.2, -0.15) is 0 Å². The molecule has 0 aliphatic carbocycles. The van der Waals surface area contributed by atoms with Crippen LogP contribution >= 0.6 is 23.7 Å². The molecule has 3 aromatic carbocycles. The number of aromatic nitrogens is 1. The summed E-state index contributed by atoms with van der Waals surface area (Å²) in [6.45, 7) is 2.50. The highest BCUT2D eigenvalue weighted by Crippen LogP contribution is 2.39. The van der Waals surface area contributed by atoms with Crippen LogP contribution in [0.3, 0.4) is 0 Å². The molecule has 0 saturated carbocycles. The molecule has 0 spiro atoms. The Bertz CT molecular complexity index is 1750. The number of carbonyl (C=O) groups is 1. The molecular weight excluding hydrogens is 580 g/mol. The first-order valence-corrected chi connectivity index (χ1v) is 14.0. The van der Waals surface area contributed by atoms with E-state index in [2.05, 4.69) is 4.90 Å². The number of halogens is 3. The van der Waals surface area contributed by atoms with E-state index in [9.17, 15) is 18.4 Å². The third-order valence-electron chi connectivity index (χ3n) is 6.79. The summed E-state index contributed by atoms with van der Waals surface area (Å²) in [4.78, 5) is 30.3. The van der Waals surface area contributed by atoms with E-state index in [4.69, 9.17) is 10.5 Å². The largest absolute Gasteiger partial charge is 0.462 e. The van der Waals surface area contributed by atoms with E-state index in [1.54, 1.807) is 23.6 Å². The van der Waals surface area contributed by atoms with Crippen molar-refractivity contribution in [2.75, 3.05) is 19.4 Å². The van der Waals surface area contributed by atoms with Gasteiger partial charge in [-0.05, 0) is 54.9 Å². The lowest BCUT2D eigenvalue weighted by Gasteiger charge is -2.18. The number of nitrogen functional groups attached to an aromatic ring is 1. The Morgan fingerprint density at radius 1 is 0.952 bits per heavy atom. The third-order valence-corrected chi connectivity index (χ3v) is 8.11. The van der Waals surface area contributed by atoms with Gasteiger partial charge in [-0.1, -0.05) is 48.5 Å². The van der Waals surface area contributed by atoms with Crippen LogP contribution in [0, 0.1) is 11.6 Å². The Morgan fingerprint density at radius 3 is 2.26 bits per heavy atom. The van der Waals surface area contributed by atoms with Gasteiger partial charge < -0.3 is 15.0 Å². The zero-order valence-electron chi connectivity index (χ0n) is 23.1. The number of nitrogens with zero attached hydrogens (tertiary/aromatic N) is 2. The molecule has 0 aliphatic rings. The molecule has 2 N–H and O–H groups in total. The Labute approximate surface area is 252 Å². The van der Waals surface area contributed by atoms with Crippen LogP contribution in [0.5, 0.6) is 0 Å². The smallest absolute Gasteiger partial charge is 0.343 e. The van der Waals surface area contributed by atoms with Crippen molar-refractivity contribution in [3.8, 4) is 10.4 Å². The molecule has 5 rings (SSSR count). The summed E-state index contributed by atoms with van der Waals surface area (Å²) in [5, 5.41) is 0.323. The monoisotopic (exact) mass is 609 g/mol. The number of nitrogens with two attached hydrogens (primary N) is 1. The summed E-state index contributed by atoms with van der Waals surface area (Å²) in [5.41, 5.74) is 8.35. The SMILES string of the molecule is CCOC(=O)c1cn(Cc2c(F)cccc2F)c2sc(-c3ccc(N)cc3)c(CN(C)Cc3ccccc3)c2c1=O.Cl. The number of pyridine rings is 1. The average molecular weight is 610 g/mol. The highest BCUT2D eigenvalue weighted by atomic mass is 35.5. The molecule has 0 aliphatic heterocycles. The van der Waals surface area contributed by atoms with E-state index in [0.717, 1.165) is 16.0 Å². The molecule has 0 saturated heterocycles. The molecule has 5 aromatic rings. The number of thiophene rings is 1. The molecule has 10 heteroatoms. The molecule has 0 bridgehead atoms. The molecule has 42 heavy (non-hydrogen) atoms. The topological polar surface area (TPSA) is 77.6 Å². The van der Waals surface area contributed by atoms with E-state index in [0.29, 0.717) is 34.6 Å². The quantitative estimate of drug-likeness (QED) is 0.146. The lowest BCUT2D eigenvalue weighted by Crippen LogP contribution is -2.23. The van der Waals surface area contributed by atoms with Crippen molar-refractivity contribution in [2.45, 2.75) is 26.6 Å². The average Bonchev–Trinajstić information content (AvgIpc) is 3.32. The van der Waals surface area contributed by atoms with Gasteiger partial charge in [-0.15, -0.1) is 23.7 Å². The second-order valence-corrected chi connectivity index (χ2v) is 10.8. The lowest BCUT2D eigenvalue weighted by molar-refractivity contribution is 0.0524. The maximum atomic E-state index is 14.7. The van der Waals surface area contributed by atoms with Crippen molar-refractivity contribution in [3.05, 3.63) is 123 Å². The van der Waals surface area contributed by atoms with Crippen LogP contribution in [0.2, 0.25) is 0 Å². The summed E-state index contributed by atoms with van der Waals surface area (Å²) in [6.07, 6.45) is 1.34. The van der Waals surface area contributed by atoms with Gasteiger partial charge in [0.15, 0.2) is 0 Å². The van der Waals surface area contributed by atoms with Crippen molar-refractivity contribution in [1.29, 1.82) is 0 Å².